The summed E-state index contributed by atoms with van der Waals surface area (Å²) in [7, 11) is 0. The van der Waals surface area contributed by atoms with Crippen LogP contribution < -0.4 is 0 Å². The van der Waals surface area contributed by atoms with Crippen molar-refractivity contribution in [3.8, 4) is 11.5 Å². The van der Waals surface area contributed by atoms with Crippen molar-refractivity contribution in [2.75, 3.05) is 13.1 Å². The van der Waals surface area contributed by atoms with Gasteiger partial charge in [0.05, 0.1) is 5.92 Å². The van der Waals surface area contributed by atoms with Crippen LogP contribution in [0.4, 0.5) is 0 Å². The molecule has 0 saturated carbocycles. The second kappa shape index (κ2) is 6.52. The molecule has 1 atom stereocenters. The Hall–Kier alpha value is -2.54. The van der Waals surface area contributed by atoms with Gasteiger partial charge in [0, 0.05) is 30.6 Å². The fourth-order valence-corrected chi connectivity index (χ4v) is 3.55. The van der Waals surface area contributed by atoms with Crippen LogP contribution in [0.25, 0.3) is 11.5 Å². The normalized spacial score (nSPS) is 17.6. The summed E-state index contributed by atoms with van der Waals surface area (Å²) in [5, 5.41) is 6.05. The highest BCUT2D eigenvalue weighted by Crippen LogP contribution is 2.28. The molecule has 1 saturated heterocycles. The van der Waals surface area contributed by atoms with Crippen LogP contribution in [-0.2, 0) is 11.2 Å². The van der Waals surface area contributed by atoms with Crippen LogP contribution in [0.15, 0.2) is 46.4 Å². The molecule has 3 aromatic rings. The highest BCUT2D eigenvalue weighted by Gasteiger charge is 2.34. The maximum atomic E-state index is 12.2. The SMILES string of the molecule is O=C1C[C@@H](c2nc(-c3ccccn3)no2)CN1CCc1cccs1. The largest absolute Gasteiger partial charge is 0.342 e. The van der Waals surface area contributed by atoms with Crippen LogP contribution in [0.3, 0.4) is 0 Å². The lowest BCUT2D eigenvalue weighted by molar-refractivity contribution is -0.127. The van der Waals surface area contributed by atoms with E-state index >= 15 is 0 Å². The number of aromatic nitrogens is 3. The Labute approximate surface area is 143 Å². The lowest BCUT2D eigenvalue weighted by Gasteiger charge is -2.15. The van der Waals surface area contributed by atoms with Crippen molar-refractivity contribution in [1.29, 1.82) is 0 Å². The Morgan fingerprint density at radius 1 is 1.29 bits per heavy atom. The van der Waals surface area contributed by atoms with E-state index in [1.165, 1.54) is 4.88 Å². The van der Waals surface area contributed by atoms with Crippen LogP contribution in [0.5, 0.6) is 0 Å². The first-order valence-corrected chi connectivity index (χ1v) is 8.73. The second-order valence-corrected chi connectivity index (χ2v) is 6.77. The van der Waals surface area contributed by atoms with Gasteiger partial charge in [-0.15, -0.1) is 11.3 Å². The average Bonchev–Trinajstić information content (AvgIpc) is 3.35. The molecule has 1 aliphatic heterocycles. The number of carbonyl (C=O) groups excluding carboxylic acids is 1. The van der Waals surface area contributed by atoms with E-state index in [9.17, 15) is 4.79 Å². The van der Waals surface area contributed by atoms with E-state index in [0.29, 0.717) is 30.4 Å². The number of hydrogen-bond acceptors (Lipinski definition) is 6. The Balaban J connectivity index is 1.42. The van der Waals surface area contributed by atoms with Crippen molar-refractivity contribution in [2.24, 2.45) is 0 Å². The van der Waals surface area contributed by atoms with Gasteiger partial charge in [0.15, 0.2) is 0 Å². The van der Waals surface area contributed by atoms with E-state index in [0.717, 1.165) is 13.0 Å². The zero-order valence-electron chi connectivity index (χ0n) is 13.0. The third-order valence-electron chi connectivity index (χ3n) is 4.11. The summed E-state index contributed by atoms with van der Waals surface area (Å²) in [6.45, 7) is 1.37. The van der Waals surface area contributed by atoms with Gasteiger partial charge in [-0.3, -0.25) is 9.78 Å². The maximum Gasteiger partial charge on any atom is 0.232 e. The van der Waals surface area contributed by atoms with E-state index in [-0.39, 0.29) is 11.8 Å². The van der Waals surface area contributed by atoms with E-state index in [1.807, 2.05) is 29.2 Å². The van der Waals surface area contributed by atoms with Crippen molar-refractivity contribution in [2.45, 2.75) is 18.8 Å². The van der Waals surface area contributed by atoms with Gasteiger partial charge in [-0.25, -0.2) is 0 Å². The van der Waals surface area contributed by atoms with E-state index in [1.54, 1.807) is 17.5 Å². The summed E-state index contributed by atoms with van der Waals surface area (Å²) in [4.78, 5) is 24.0. The lowest BCUT2D eigenvalue weighted by atomic mass is 10.1. The Kier molecular flexibility index (Phi) is 4.08. The second-order valence-electron chi connectivity index (χ2n) is 5.74. The molecule has 122 valence electrons. The van der Waals surface area contributed by atoms with Crippen LogP contribution in [0, 0.1) is 0 Å². The first-order chi connectivity index (χ1) is 11.8. The number of amides is 1. The van der Waals surface area contributed by atoms with E-state index < -0.39 is 0 Å². The van der Waals surface area contributed by atoms with Crippen LogP contribution in [0.2, 0.25) is 0 Å². The highest BCUT2D eigenvalue weighted by atomic mass is 32.1. The van der Waals surface area contributed by atoms with Crippen molar-refractivity contribution in [3.63, 3.8) is 0 Å². The van der Waals surface area contributed by atoms with Gasteiger partial charge < -0.3 is 9.42 Å². The van der Waals surface area contributed by atoms with Crippen molar-refractivity contribution in [1.82, 2.24) is 20.0 Å². The molecular weight excluding hydrogens is 324 g/mol. The number of rotatable bonds is 5. The molecule has 7 heteroatoms. The molecular formula is C17H16N4O2S. The number of thiophene rings is 1. The minimum atomic E-state index is -0.0363. The van der Waals surface area contributed by atoms with Gasteiger partial charge in [0.1, 0.15) is 5.69 Å². The van der Waals surface area contributed by atoms with Crippen LogP contribution >= 0.6 is 11.3 Å². The Morgan fingerprint density at radius 3 is 3.04 bits per heavy atom. The lowest BCUT2D eigenvalue weighted by Crippen LogP contribution is -2.27. The third kappa shape index (κ3) is 3.07. The monoisotopic (exact) mass is 340 g/mol. The average molecular weight is 340 g/mol. The first-order valence-electron chi connectivity index (χ1n) is 7.85. The van der Waals surface area contributed by atoms with Gasteiger partial charge in [-0.05, 0) is 30.0 Å². The molecule has 0 aromatic carbocycles. The number of hydrogen-bond donors (Lipinski definition) is 0. The molecule has 0 bridgehead atoms. The Bertz CT molecular complexity index is 816. The zero-order valence-corrected chi connectivity index (χ0v) is 13.8. The molecule has 4 heterocycles. The number of nitrogens with zero attached hydrogens (tertiary/aromatic N) is 4. The molecule has 1 amide bonds. The molecule has 4 rings (SSSR count). The van der Waals surface area contributed by atoms with Gasteiger partial charge in [-0.1, -0.05) is 17.3 Å². The fourth-order valence-electron chi connectivity index (χ4n) is 2.85. The van der Waals surface area contributed by atoms with Gasteiger partial charge in [-0.2, -0.15) is 4.98 Å². The smallest absolute Gasteiger partial charge is 0.232 e. The predicted molar refractivity (Wildman–Crippen MR) is 89.5 cm³/mol. The van der Waals surface area contributed by atoms with Crippen LogP contribution in [-0.4, -0.2) is 39.0 Å². The quantitative estimate of drug-likeness (QED) is 0.714. The van der Waals surface area contributed by atoms with Crippen molar-refractivity contribution in [3.05, 3.63) is 52.7 Å². The molecule has 0 spiro atoms. The minimum absolute atomic E-state index is 0.0363. The third-order valence-corrected chi connectivity index (χ3v) is 5.04. The number of pyridine rings is 1. The topological polar surface area (TPSA) is 72.1 Å². The molecule has 1 aliphatic rings. The van der Waals surface area contributed by atoms with E-state index in [2.05, 4.69) is 26.6 Å². The number of likely N-dealkylation sites (tertiary alicyclic amines) is 1. The van der Waals surface area contributed by atoms with Crippen molar-refractivity contribution >= 4 is 17.2 Å². The zero-order chi connectivity index (χ0) is 16.4. The standard InChI is InChI=1S/C17H16N4O2S/c22-15-10-12(11-21(15)8-6-13-4-3-9-24-13)17-19-16(20-23-17)14-5-1-2-7-18-14/h1-5,7,9,12H,6,8,10-11H2/t12-/m1/s1. The highest BCUT2D eigenvalue weighted by molar-refractivity contribution is 7.09. The minimum Gasteiger partial charge on any atom is -0.342 e. The van der Waals surface area contributed by atoms with Crippen LogP contribution in [0.1, 0.15) is 23.1 Å². The molecule has 3 aromatic heterocycles. The van der Waals surface area contributed by atoms with E-state index in [4.69, 9.17) is 4.52 Å². The predicted octanol–water partition coefficient (Wildman–Crippen LogP) is 2.75. The molecule has 6 nitrogen and oxygen atoms in total. The van der Waals surface area contributed by atoms with Crippen molar-refractivity contribution < 1.29 is 9.32 Å². The summed E-state index contributed by atoms with van der Waals surface area (Å²) >= 11 is 1.72. The fraction of sp³-hybridized carbons (Fsp3) is 0.294. The summed E-state index contributed by atoms with van der Waals surface area (Å²) in [6, 6.07) is 9.68. The molecule has 1 fully saturated rings. The molecule has 24 heavy (non-hydrogen) atoms. The Morgan fingerprint density at radius 2 is 2.25 bits per heavy atom. The first kappa shape index (κ1) is 15.0. The summed E-state index contributed by atoms with van der Waals surface area (Å²) in [5.41, 5.74) is 0.673. The molecule has 0 unspecified atom stereocenters. The van der Waals surface area contributed by atoms with Gasteiger partial charge in [0.2, 0.25) is 17.6 Å². The van der Waals surface area contributed by atoms with Gasteiger partial charge >= 0.3 is 0 Å². The molecule has 0 radical (unpaired) electrons. The summed E-state index contributed by atoms with van der Waals surface area (Å²) in [6.07, 6.45) is 3.00. The molecule has 0 N–H and O–H groups in total. The summed E-state index contributed by atoms with van der Waals surface area (Å²) in [5.74, 6) is 1.10. The summed E-state index contributed by atoms with van der Waals surface area (Å²) < 4.78 is 5.37. The van der Waals surface area contributed by atoms with Gasteiger partial charge in [0.25, 0.3) is 0 Å². The number of carbonyl (C=O) groups is 1. The molecule has 0 aliphatic carbocycles. The maximum absolute atomic E-state index is 12.2.